The molecule has 0 aliphatic rings. The third-order valence-corrected chi connectivity index (χ3v) is 6.86. The SMILES string of the molecule is Cc1ccc2c(c1)s/c(=N/N=C\c1ccc(Oc3ccc([N+](=O)[O-])cc3[N+](=O)[O-])cc1)n2Cc1ccccc1. The third-order valence-electron chi connectivity index (χ3n) is 5.83. The molecule has 0 unspecified atom stereocenters. The van der Waals surface area contributed by atoms with E-state index in [0.717, 1.165) is 38.3 Å². The predicted octanol–water partition coefficient (Wildman–Crippen LogP) is 6.60. The summed E-state index contributed by atoms with van der Waals surface area (Å²) >= 11 is 1.57. The molecule has 0 atom stereocenters. The van der Waals surface area contributed by atoms with Crippen molar-refractivity contribution in [1.29, 1.82) is 0 Å². The van der Waals surface area contributed by atoms with Gasteiger partial charge in [0.15, 0.2) is 0 Å². The number of ether oxygens (including phenoxy) is 1. The Morgan fingerprint density at radius 3 is 2.41 bits per heavy atom. The van der Waals surface area contributed by atoms with Crippen molar-refractivity contribution in [2.24, 2.45) is 10.2 Å². The minimum absolute atomic E-state index is 0.0926. The van der Waals surface area contributed by atoms with Crippen molar-refractivity contribution in [3.05, 3.63) is 133 Å². The number of hydrogen-bond acceptors (Lipinski definition) is 8. The average molecular weight is 540 g/mol. The summed E-state index contributed by atoms with van der Waals surface area (Å²) in [5.74, 6) is 0.242. The summed E-state index contributed by atoms with van der Waals surface area (Å²) in [5.41, 5.74) is 3.29. The highest BCUT2D eigenvalue weighted by atomic mass is 32.1. The molecule has 5 aromatic rings. The second kappa shape index (κ2) is 11.1. The Bertz CT molecular complexity index is 1780. The fraction of sp³-hybridized carbons (Fsp3) is 0.0714. The fourth-order valence-electron chi connectivity index (χ4n) is 3.92. The van der Waals surface area contributed by atoms with E-state index in [1.54, 1.807) is 41.8 Å². The van der Waals surface area contributed by atoms with Gasteiger partial charge in [0.25, 0.3) is 5.69 Å². The Hall–Kier alpha value is -5.16. The molecule has 11 heteroatoms. The van der Waals surface area contributed by atoms with Crippen LogP contribution < -0.4 is 9.54 Å². The van der Waals surface area contributed by atoms with Crippen LogP contribution in [0.2, 0.25) is 0 Å². The minimum atomic E-state index is -0.718. The van der Waals surface area contributed by atoms with Crippen molar-refractivity contribution in [2.45, 2.75) is 13.5 Å². The van der Waals surface area contributed by atoms with Gasteiger partial charge in [-0.1, -0.05) is 47.7 Å². The van der Waals surface area contributed by atoms with Gasteiger partial charge in [0.2, 0.25) is 10.6 Å². The lowest BCUT2D eigenvalue weighted by Gasteiger charge is -2.06. The van der Waals surface area contributed by atoms with Crippen LogP contribution in [0.1, 0.15) is 16.7 Å². The molecule has 194 valence electrons. The number of aryl methyl sites for hydroxylation is 1. The zero-order valence-electron chi connectivity index (χ0n) is 20.6. The maximum Gasteiger partial charge on any atom is 0.318 e. The van der Waals surface area contributed by atoms with Crippen LogP contribution in [-0.2, 0) is 6.54 Å². The Labute approximate surface area is 226 Å². The van der Waals surface area contributed by atoms with Crippen molar-refractivity contribution in [3.63, 3.8) is 0 Å². The fourth-order valence-corrected chi connectivity index (χ4v) is 5.00. The van der Waals surface area contributed by atoms with E-state index in [9.17, 15) is 20.2 Å². The first kappa shape index (κ1) is 25.5. The minimum Gasteiger partial charge on any atom is -0.450 e. The number of nitro groups is 2. The first-order chi connectivity index (χ1) is 18.9. The maximum atomic E-state index is 11.4. The predicted molar refractivity (Wildman–Crippen MR) is 150 cm³/mol. The van der Waals surface area contributed by atoms with Crippen molar-refractivity contribution in [2.75, 3.05) is 0 Å². The van der Waals surface area contributed by atoms with E-state index in [-0.39, 0.29) is 11.4 Å². The smallest absolute Gasteiger partial charge is 0.318 e. The lowest BCUT2D eigenvalue weighted by Crippen LogP contribution is -2.15. The van der Waals surface area contributed by atoms with Gasteiger partial charge in [0.05, 0.1) is 38.9 Å². The normalized spacial score (nSPS) is 11.8. The van der Waals surface area contributed by atoms with E-state index < -0.39 is 15.5 Å². The molecule has 0 N–H and O–H groups in total. The highest BCUT2D eigenvalue weighted by Gasteiger charge is 2.21. The van der Waals surface area contributed by atoms with E-state index in [1.165, 1.54) is 11.6 Å². The molecule has 5 rings (SSSR count). The summed E-state index contributed by atoms with van der Waals surface area (Å²) in [6, 6.07) is 26.4. The quantitative estimate of drug-likeness (QED) is 0.125. The monoisotopic (exact) mass is 539 g/mol. The zero-order chi connectivity index (χ0) is 27.4. The van der Waals surface area contributed by atoms with Crippen LogP contribution in [0.4, 0.5) is 11.4 Å². The lowest BCUT2D eigenvalue weighted by molar-refractivity contribution is -0.394. The number of aromatic nitrogens is 1. The molecule has 0 aliphatic heterocycles. The molecular formula is C28H21N5O5S. The zero-order valence-corrected chi connectivity index (χ0v) is 21.4. The number of hydrogen-bond donors (Lipinski definition) is 0. The van der Waals surface area contributed by atoms with E-state index >= 15 is 0 Å². The van der Waals surface area contributed by atoms with Crippen LogP contribution >= 0.6 is 11.3 Å². The van der Waals surface area contributed by atoms with Gasteiger partial charge in [-0.25, -0.2) is 0 Å². The topological polar surface area (TPSA) is 125 Å². The molecule has 0 bridgehead atoms. The number of thiazole rings is 1. The van der Waals surface area contributed by atoms with E-state index in [1.807, 2.05) is 18.2 Å². The van der Waals surface area contributed by atoms with Gasteiger partial charge >= 0.3 is 5.69 Å². The maximum absolute atomic E-state index is 11.4. The average Bonchev–Trinajstić information content (AvgIpc) is 3.26. The van der Waals surface area contributed by atoms with Crippen molar-refractivity contribution in [3.8, 4) is 11.5 Å². The molecule has 0 aliphatic carbocycles. The molecule has 39 heavy (non-hydrogen) atoms. The molecule has 0 radical (unpaired) electrons. The van der Waals surface area contributed by atoms with Crippen molar-refractivity contribution >= 4 is 39.1 Å². The summed E-state index contributed by atoms with van der Waals surface area (Å²) in [6.07, 6.45) is 1.61. The largest absolute Gasteiger partial charge is 0.450 e. The second-order valence-corrected chi connectivity index (χ2v) is 9.62. The van der Waals surface area contributed by atoms with Crippen molar-refractivity contribution in [1.82, 2.24) is 4.57 Å². The number of nitro benzene ring substituents is 2. The first-order valence-corrected chi connectivity index (χ1v) is 12.6. The molecule has 0 spiro atoms. The summed E-state index contributed by atoms with van der Waals surface area (Å²) in [6.45, 7) is 2.72. The molecule has 0 amide bonds. The Kier molecular flexibility index (Phi) is 7.23. The highest BCUT2D eigenvalue weighted by Crippen LogP contribution is 2.34. The van der Waals surface area contributed by atoms with Crippen LogP contribution in [0.25, 0.3) is 10.2 Å². The molecule has 10 nitrogen and oxygen atoms in total. The second-order valence-electron chi connectivity index (χ2n) is 8.61. The summed E-state index contributed by atoms with van der Waals surface area (Å²) in [4.78, 5) is 21.6. The van der Waals surface area contributed by atoms with E-state index in [4.69, 9.17) is 4.74 Å². The first-order valence-electron chi connectivity index (χ1n) is 11.8. The van der Waals surface area contributed by atoms with Crippen LogP contribution in [0.15, 0.2) is 101 Å². The van der Waals surface area contributed by atoms with Crippen LogP contribution in [-0.4, -0.2) is 20.6 Å². The van der Waals surface area contributed by atoms with Crippen LogP contribution in [0, 0.1) is 27.2 Å². The highest BCUT2D eigenvalue weighted by molar-refractivity contribution is 7.16. The summed E-state index contributed by atoms with van der Waals surface area (Å²) < 4.78 is 8.88. The Morgan fingerprint density at radius 2 is 1.69 bits per heavy atom. The Balaban J connectivity index is 1.38. The third kappa shape index (κ3) is 5.89. The number of rotatable bonds is 8. The van der Waals surface area contributed by atoms with Gasteiger partial charge in [-0.3, -0.25) is 20.2 Å². The number of fused-ring (bicyclic) bond motifs is 1. The summed E-state index contributed by atoms with van der Waals surface area (Å²) in [7, 11) is 0. The van der Waals surface area contributed by atoms with Gasteiger partial charge in [-0.15, -0.1) is 5.10 Å². The number of nitrogens with zero attached hydrogens (tertiary/aromatic N) is 5. The van der Waals surface area contributed by atoms with E-state index in [0.29, 0.717) is 12.3 Å². The van der Waals surface area contributed by atoms with Crippen LogP contribution in [0.5, 0.6) is 11.5 Å². The number of benzene rings is 4. The summed E-state index contributed by atoms with van der Waals surface area (Å²) in [5, 5.41) is 31.1. The Morgan fingerprint density at radius 1 is 0.923 bits per heavy atom. The van der Waals surface area contributed by atoms with Gasteiger partial charge in [-0.2, -0.15) is 5.10 Å². The van der Waals surface area contributed by atoms with Gasteiger partial charge in [0, 0.05) is 6.07 Å². The molecule has 1 aromatic heterocycles. The van der Waals surface area contributed by atoms with Gasteiger partial charge in [0.1, 0.15) is 5.75 Å². The standard InChI is InChI=1S/C28H21N5O5S/c1-19-7-13-24-27(15-19)39-28(31(24)18-21-5-3-2-4-6-21)30-29-17-20-8-11-23(12-9-20)38-26-14-10-22(32(34)35)16-25(26)33(36)37/h2-17H,18H2,1H3/b29-17-,30-28+. The van der Waals surface area contributed by atoms with Gasteiger partial charge < -0.3 is 9.30 Å². The van der Waals surface area contributed by atoms with Crippen LogP contribution in [0.3, 0.4) is 0 Å². The van der Waals surface area contributed by atoms with E-state index in [2.05, 4.69) is 52.0 Å². The molecule has 0 saturated heterocycles. The lowest BCUT2D eigenvalue weighted by atomic mass is 10.2. The molecule has 4 aromatic carbocycles. The molecular weight excluding hydrogens is 518 g/mol. The van der Waals surface area contributed by atoms with Crippen molar-refractivity contribution < 1.29 is 14.6 Å². The molecule has 1 heterocycles. The molecule has 0 saturated carbocycles. The van der Waals surface area contributed by atoms with Gasteiger partial charge in [-0.05, 0) is 66.1 Å². The molecule has 0 fully saturated rings. The number of non-ortho nitro benzene ring substituents is 1.